The van der Waals surface area contributed by atoms with Crippen molar-refractivity contribution in [3.05, 3.63) is 36.5 Å². The lowest BCUT2D eigenvalue weighted by molar-refractivity contribution is 0.408. The Balaban J connectivity index is 2.25. The number of hydrogen-bond acceptors (Lipinski definition) is 5. The average molecular weight is 256 g/mol. The van der Waals surface area contributed by atoms with Crippen molar-refractivity contribution in [2.75, 3.05) is 12.8 Å². The van der Waals surface area contributed by atoms with E-state index in [0.29, 0.717) is 23.0 Å². The van der Waals surface area contributed by atoms with Gasteiger partial charge in [0.1, 0.15) is 17.2 Å². The van der Waals surface area contributed by atoms with Crippen molar-refractivity contribution in [2.24, 2.45) is 0 Å². The number of fused-ring (bicyclic) bond motifs is 1. The van der Waals surface area contributed by atoms with Crippen molar-refractivity contribution in [2.45, 2.75) is 0 Å². The van der Waals surface area contributed by atoms with Gasteiger partial charge in [0.2, 0.25) is 5.95 Å². The van der Waals surface area contributed by atoms with Crippen molar-refractivity contribution >= 4 is 11.5 Å². The van der Waals surface area contributed by atoms with Crippen LogP contribution in [0, 0.1) is 0 Å². The number of hydrogen-bond donors (Lipinski definition) is 2. The van der Waals surface area contributed by atoms with Crippen LogP contribution in [0.25, 0.3) is 16.8 Å². The topological polar surface area (TPSA) is 85.7 Å². The van der Waals surface area contributed by atoms with Gasteiger partial charge < -0.3 is 15.6 Å². The van der Waals surface area contributed by atoms with Gasteiger partial charge in [-0.15, -0.1) is 10.2 Å². The number of ether oxygens (including phenoxy) is 1. The maximum Gasteiger partial charge on any atom is 0.225 e. The number of aromatic nitrogens is 3. The fourth-order valence-electron chi connectivity index (χ4n) is 2.00. The highest BCUT2D eigenvalue weighted by Gasteiger charge is 2.13. The Morgan fingerprint density at radius 1 is 1.26 bits per heavy atom. The summed E-state index contributed by atoms with van der Waals surface area (Å²) in [7, 11) is 1.54. The van der Waals surface area contributed by atoms with E-state index >= 15 is 0 Å². The summed E-state index contributed by atoms with van der Waals surface area (Å²) >= 11 is 0. The highest BCUT2D eigenvalue weighted by Crippen LogP contribution is 2.33. The number of rotatable bonds is 2. The normalized spacial score (nSPS) is 10.8. The van der Waals surface area contributed by atoms with Crippen LogP contribution >= 0.6 is 0 Å². The molecule has 3 N–H and O–H groups in total. The minimum Gasteiger partial charge on any atom is -0.507 e. The fourth-order valence-corrected chi connectivity index (χ4v) is 2.00. The molecule has 2 aromatic heterocycles. The number of anilines is 1. The first kappa shape index (κ1) is 11.3. The Kier molecular flexibility index (Phi) is 2.49. The zero-order chi connectivity index (χ0) is 13.4. The highest BCUT2D eigenvalue weighted by atomic mass is 16.5. The van der Waals surface area contributed by atoms with Gasteiger partial charge in [0.25, 0.3) is 0 Å². The molecule has 0 saturated carbocycles. The summed E-state index contributed by atoms with van der Waals surface area (Å²) in [6.07, 6.45) is 1.80. The van der Waals surface area contributed by atoms with Crippen LogP contribution in [0.2, 0.25) is 0 Å². The van der Waals surface area contributed by atoms with Crippen molar-refractivity contribution < 1.29 is 9.84 Å². The minimum absolute atomic E-state index is 0.0847. The first-order chi connectivity index (χ1) is 9.20. The quantitative estimate of drug-likeness (QED) is 0.728. The molecule has 6 heteroatoms. The maximum atomic E-state index is 10.1. The zero-order valence-electron chi connectivity index (χ0n) is 10.2. The van der Waals surface area contributed by atoms with Gasteiger partial charge in [0.05, 0.1) is 12.6 Å². The van der Waals surface area contributed by atoms with Crippen molar-refractivity contribution in [1.82, 2.24) is 14.6 Å². The molecule has 0 aliphatic heterocycles. The van der Waals surface area contributed by atoms with Crippen LogP contribution in [-0.2, 0) is 0 Å². The van der Waals surface area contributed by atoms with Gasteiger partial charge in [0.15, 0.2) is 0 Å². The summed E-state index contributed by atoms with van der Waals surface area (Å²) in [6, 6.07) is 8.74. The Hall–Kier alpha value is -2.76. The molecule has 3 aromatic rings. The van der Waals surface area contributed by atoms with Crippen molar-refractivity contribution in [3.63, 3.8) is 0 Å². The summed E-state index contributed by atoms with van der Waals surface area (Å²) < 4.78 is 6.77. The third-order valence-corrected chi connectivity index (χ3v) is 2.95. The van der Waals surface area contributed by atoms with Gasteiger partial charge >= 0.3 is 0 Å². The number of benzene rings is 1. The number of aromatic hydroxyl groups is 1. The van der Waals surface area contributed by atoms with E-state index in [1.54, 1.807) is 29.8 Å². The van der Waals surface area contributed by atoms with E-state index in [9.17, 15) is 5.11 Å². The third-order valence-electron chi connectivity index (χ3n) is 2.95. The molecule has 0 bridgehead atoms. The predicted molar refractivity (Wildman–Crippen MR) is 71.1 cm³/mol. The lowest BCUT2D eigenvalue weighted by Gasteiger charge is -2.08. The number of nitrogens with two attached hydrogens (primary N) is 1. The summed E-state index contributed by atoms with van der Waals surface area (Å²) in [5, 5.41) is 18.0. The molecule has 0 fully saturated rings. The number of nitrogen functional groups attached to an aromatic ring is 1. The van der Waals surface area contributed by atoms with Crippen LogP contribution in [0.1, 0.15) is 0 Å². The van der Waals surface area contributed by atoms with Crippen LogP contribution in [-0.4, -0.2) is 26.8 Å². The first-order valence-electron chi connectivity index (χ1n) is 5.67. The third kappa shape index (κ3) is 1.74. The monoisotopic (exact) mass is 256 g/mol. The van der Waals surface area contributed by atoms with Gasteiger partial charge in [-0.3, -0.25) is 4.40 Å². The summed E-state index contributed by atoms with van der Waals surface area (Å²) in [4.78, 5) is 0. The van der Waals surface area contributed by atoms with Crippen molar-refractivity contribution in [3.8, 4) is 22.8 Å². The molecule has 2 heterocycles. The van der Waals surface area contributed by atoms with Crippen LogP contribution in [0.3, 0.4) is 0 Å². The van der Waals surface area contributed by atoms with Gasteiger partial charge in [-0.1, -0.05) is 0 Å². The Morgan fingerprint density at radius 2 is 2.11 bits per heavy atom. The van der Waals surface area contributed by atoms with E-state index in [0.717, 1.165) is 5.52 Å². The van der Waals surface area contributed by atoms with Gasteiger partial charge in [-0.25, -0.2) is 0 Å². The van der Waals surface area contributed by atoms with E-state index in [-0.39, 0.29) is 5.75 Å². The zero-order valence-corrected chi connectivity index (χ0v) is 10.2. The molecule has 0 atom stereocenters. The van der Waals surface area contributed by atoms with E-state index < -0.39 is 0 Å². The second-order valence-corrected chi connectivity index (χ2v) is 4.05. The molecule has 96 valence electrons. The van der Waals surface area contributed by atoms with Gasteiger partial charge in [-0.2, -0.15) is 0 Å². The van der Waals surface area contributed by atoms with E-state index in [1.165, 1.54) is 6.07 Å². The molecule has 0 aliphatic carbocycles. The van der Waals surface area contributed by atoms with Crippen LogP contribution in [0.15, 0.2) is 36.5 Å². The van der Waals surface area contributed by atoms with E-state index in [2.05, 4.69) is 10.2 Å². The molecule has 0 unspecified atom stereocenters. The summed E-state index contributed by atoms with van der Waals surface area (Å²) in [5.74, 6) is 0.967. The molecule has 0 saturated heterocycles. The first-order valence-corrected chi connectivity index (χ1v) is 5.67. The fraction of sp³-hybridized carbons (Fsp3) is 0.0769. The molecule has 3 rings (SSSR count). The summed E-state index contributed by atoms with van der Waals surface area (Å²) in [6.45, 7) is 0. The molecule has 0 radical (unpaired) electrons. The maximum absolute atomic E-state index is 10.1. The highest BCUT2D eigenvalue weighted by molar-refractivity contribution is 5.81. The molecular weight excluding hydrogens is 244 g/mol. The lowest BCUT2D eigenvalue weighted by Crippen LogP contribution is -2.03. The van der Waals surface area contributed by atoms with Crippen LogP contribution in [0.4, 0.5) is 5.95 Å². The van der Waals surface area contributed by atoms with E-state index in [4.69, 9.17) is 10.5 Å². The molecule has 0 aliphatic rings. The van der Waals surface area contributed by atoms with Crippen molar-refractivity contribution in [1.29, 1.82) is 0 Å². The molecular formula is C13H12N4O2. The smallest absolute Gasteiger partial charge is 0.225 e. The summed E-state index contributed by atoms with van der Waals surface area (Å²) in [5.41, 5.74) is 7.67. The standard InChI is InChI=1S/C13H12N4O2/c1-19-8-4-5-9(11(18)7-8)12-10-3-2-6-17(10)13(14)16-15-12/h2-7,18H,1H3,(H2,14,16). The predicted octanol–water partition coefficient (Wildman–Crippen LogP) is 1.69. The Bertz CT molecular complexity index is 751. The molecule has 6 nitrogen and oxygen atoms in total. The number of phenols is 1. The second kappa shape index (κ2) is 4.16. The van der Waals surface area contributed by atoms with E-state index in [1.807, 2.05) is 12.1 Å². The SMILES string of the molecule is COc1ccc(-c2nnc(N)n3cccc23)c(O)c1. The number of phenolic OH excluding ortho intramolecular Hbond substituents is 1. The molecule has 0 amide bonds. The molecule has 0 spiro atoms. The minimum atomic E-state index is 0.0847. The Morgan fingerprint density at radius 3 is 2.84 bits per heavy atom. The van der Waals surface area contributed by atoms with Gasteiger partial charge in [-0.05, 0) is 24.3 Å². The average Bonchev–Trinajstić information content (AvgIpc) is 2.90. The second-order valence-electron chi connectivity index (χ2n) is 4.05. The number of methoxy groups -OCH3 is 1. The van der Waals surface area contributed by atoms with Crippen LogP contribution in [0.5, 0.6) is 11.5 Å². The van der Waals surface area contributed by atoms with Crippen LogP contribution < -0.4 is 10.5 Å². The molecule has 1 aromatic carbocycles. The Labute approximate surface area is 109 Å². The molecule has 19 heavy (non-hydrogen) atoms. The number of nitrogens with zero attached hydrogens (tertiary/aromatic N) is 3. The largest absolute Gasteiger partial charge is 0.507 e. The van der Waals surface area contributed by atoms with Gasteiger partial charge in [0, 0.05) is 17.8 Å². The lowest BCUT2D eigenvalue weighted by atomic mass is 10.1.